The Morgan fingerprint density at radius 2 is 1.92 bits per heavy atom. The number of benzene rings is 1. The topological polar surface area (TPSA) is 55.4 Å². The third-order valence-electron chi connectivity index (χ3n) is 4.94. The molecule has 4 nitrogen and oxygen atoms in total. The molecule has 0 unspecified atom stereocenters. The second-order valence-electron chi connectivity index (χ2n) is 7.70. The van der Waals surface area contributed by atoms with Gasteiger partial charge in [0.1, 0.15) is 0 Å². The van der Waals surface area contributed by atoms with Crippen molar-refractivity contribution in [3.05, 3.63) is 55.9 Å². The molecule has 0 amide bonds. The summed E-state index contributed by atoms with van der Waals surface area (Å²) < 4.78 is 6.43. The molecule has 1 atom stereocenters. The van der Waals surface area contributed by atoms with Crippen molar-refractivity contribution in [1.82, 2.24) is 5.32 Å². The van der Waals surface area contributed by atoms with Gasteiger partial charge in [0.15, 0.2) is 5.78 Å². The molecule has 1 aromatic rings. The fourth-order valence-corrected chi connectivity index (χ4v) is 4.26. The van der Waals surface area contributed by atoms with Crippen LogP contribution >= 0.6 is 22.6 Å². The molecule has 0 saturated heterocycles. The molecule has 0 radical (unpaired) electrons. The van der Waals surface area contributed by atoms with E-state index in [1.54, 1.807) is 6.92 Å². The van der Waals surface area contributed by atoms with Gasteiger partial charge in [-0.3, -0.25) is 4.79 Å². The van der Waals surface area contributed by atoms with Crippen molar-refractivity contribution in [3.63, 3.8) is 0 Å². The number of halogens is 1. The number of nitrogens with one attached hydrogen (secondary N) is 1. The highest BCUT2D eigenvalue weighted by atomic mass is 127. The van der Waals surface area contributed by atoms with E-state index >= 15 is 0 Å². The number of ketones is 1. The predicted molar refractivity (Wildman–Crippen MR) is 109 cm³/mol. The zero-order valence-corrected chi connectivity index (χ0v) is 17.8. The maximum atomic E-state index is 13.1. The standard InChI is InChI=1S/C21H24INO3/c1-5-26-20(25)17-12(2)23-15-10-21(3,4)11-16(24)19(15)18(17)13-6-8-14(22)9-7-13/h6-9,18,23H,5,10-11H2,1-4H3/t18-/m1/s1. The monoisotopic (exact) mass is 465 g/mol. The van der Waals surface area contributed by atoms with Gasteiger partial charge in [0.2, 0.25) is 0 Å². The van der Waals surface area contributed by atoms with Gasteiger partial charge in [-0.2, -0.15) is 0 Å². The van der Waals surface area contributed by atoms with Crippen LogP contribution in [0.5, 0.6) is 0 Å². The number of Topliss-reactive ketones (excluding diaryl/α,β-unsaturated/α-hetero) is 1. The Balaban J connectivity index is 2.17. The Morgan fingerprint density at radius 1 is 1.27 bits per heavy atom. The molecule has 1 aliphatic carbocycles. The van der Waals surface area contributed by atoms with Gasteiger partial charge in [0.25, 0.3) is 0 Å². The molecule has 5 heteroatoms. The lowest BCUT2D eigenvalue weighted by molar-refractivity contribution is -0.138. The average Bonchev–Trinajstić information content (AvgIpc) is 2.53. The first-order valence-electron chi connectivity index (χ1n) is 8.90. The lowest BCUT2D eigenvalue weighted by Crippen LogP contribution is -2.38. The van der Waals surface area contributed by atoms with Crippen LogP contribution in [0, 0.1) is 8.99 Å². The van der Waals surface area contributed by atoms with Gasteiger partial charge < -0.3 is 10.1 Å². The number of hydrogen-bond acceptors (Lipinski definition) is 4. The normalized spacial score (nSPS) is 22.0. The Kier molecular flexibility index (Phi) is 5.28. The maximum absolute atomic E-state index is 13.1. The van der Waals surface area contributed by atoms with Crippen molar-refractivity contribution >= 4 is 34.3 Å². The second-order valence-corrected chi connectivity index (χ2v) is 8.95. The summed E-state index contributed by atoms with van der Waals surface area (Å²) in [5, 5.41) is 3.34. The number of carbonyl (C=O) groups is 2. The fourth-order valence-electron chi connectivity index (χ4n) is 3.90. The van der Waals surface area contributed by atoms with Crippen LogP contribution in [-0.4, -0.2) is 18.4 Å². The lowest BCUT2D eigenvalue weighted by atomic mass is 9.68. The summed E-state index contributed by atoms with van der Waals surface area (Å²) in [6, 6.07) is 8.02. The van der Waals surface area contributed by atoms with Crippen LogP contribution < -0.4 is 5.32 Å². The molecule has 1 heterocycles. The van der Waals surface area contributed by atoms with E-state index in [9.17, 15) is 9.59 Å². The Hall–Kier alpha value is -1.63. The van der Waals surface area contributed by atoms with Crippen LogP contribution in [0.1, 0.15) is 52.0 Å². The van der Waals surface area contributed by atoms with E-state index in [1.807, 2.05) is 31.2 Å². The predicted octanol–water partition coefficient (Wildman–Crippen LogP) is 4.46. The highest BCUT2D eigenvalue weighted by Gasteiger charge is 2.43. The number of esters is 1. The summed E-state index contributed by atoms with van der Waals surface area (Å²) in [7, 11) is 0. The van der Waals surface area contributed by atoms with Gasteiger partial charge in [-0.25, -0.2) is 4.79 Å². The average molecular weight is 465 g/mol. The Labute approximate surface area is 168 Å². The van der Waals surface area contributed by atoms with Crippen LogP contribution in [0.15, 0.2) is 46.8 Å². The van der Waals surface area contributed by atoms with Crippen LogP contribution in [-0.2, 0) is 14.3 Å². The Bertz CT molecular complexity index is 818. The van der Waals surface area contributed by atoms with Crippen molar-refractivity contribution < 1.29 is 14.3 Å². The lowest BCUT2D eigenvalue weighted by Gasteiger charge is -2.39. The van der Waals surface area contributed by atoms with Crippen LogP contribution in [0.2, 0.25) is 0 Å². The molecule has 0 aromatic heterocycles. The fraction of sp³-hybridized carbons (Fsp3) is 0.429. The quantitative estimate of drug-likeness (QED) is 0.529. The van der Waals surface area contributed by atoms with Gasteiger partial charge >= 0.3 is 5.97 Å². The number of dihydropyridines is 1. The highest BCUT2D eigenvalue weighted by molar-refractivity contribution is 14.1. The second kappa shape index (κ2) is 7.18. The van der Waals surface area contributed by atoms with E-state index in [-0.39, 0.29) is 23.1 Å². The molecular weight excluding hydrogens is 441 g/mol. The summed E-state index contributed by atoms with van der Waals surface area (Å²) in [6.45, 7) is 8.21. The molecular formula is C21H24INO3. The Morgan fingerprint density at radius 3 is 2.54 bits per heavy atom. The number of carbonyl (C=O) groups excluding carboxylic acids is 2. The van der Waals surface area contributed by atoms with Gasteiger partial charge in [0, 0.05) is 32.9 Å². The van der Waals surface area contributed by atoms with E-state index in [4.69, 9.17) is 4.74 Å². The first kappa shape index (κ1) is 19.1. The van der Waals surface area contributed by atoms with Gasteiger partial charge in [-0.1, -0.05) is 26.0 Å². The minimum Gasteiger partial charge on any atom is -0.463 e. The molecule has 1 N–H and O–H groups in total. The minimum absolute atomic E-state index is 0.0821. The molecule has 3 rings (SSSR count). The summed E-state index contributed by atoms with van der Waals surface area (Å²) in [4.78, 5) is 25.8. The molecule has 1 aromatic carbocycles. The van der Waals surface area contributed by atoms with Crippen LogP contribution in [0.4, 0.5) is 0 Å². The molecule has 1 aliphatic heterocycles. The van der Waals surface area contributed by atoms with Crippen molar-refractivity contribution in [1.29, 1.82) is 0 Å². The third kappa shape index (κ3) is 3.59. The summed E-state index contributed by atoms with van der Waals surface area (Å²) in [5.41, 5.74) is 3.85. The first-order chi connectivity index (χ1) is 12.2. The van der Waals surface area contributed by atoms with E-state index < -0.39 is 0 Å². The van der Waals surface area contributed by atoms with Crippen molar-refractivity contribution in [2.24, 2.45) is 5.41 Å². The maximum Gasteiger partial charge on any atom is 0.336 e. The molecule has 0 saturated carbocycles. The number of rotatable bonds is 3. The minimum atomic E-state index is -0.370. The molecule has 0 spiro atoms. The van der Waals surface area contributed by atoms with Crippen molar-refractivity contribution in [2.75, 3.05) is 6.61 Å². The molecule has 138 valence electrons. The number of allylic oxidation sites excluding steroid dienone is 3. The molecule has 0 fully saturated rings. The van der Waals surface area contributed by atoms with E-state index in [2.05, 4.69) is 41.8 Å². The SMILES string of the molecule is CCOC(=O)C1=C(C)NC2=C(C(=O)CC(C)(C)C2)[C@@H]1c1ccc(I)cc1. The molecule has 0 bridgehead atoms. The highest BCUT2D eigenvalue weighted by Crippen LogP contribution is 2.46. The van der Waals surface area contributed by atoms with Gasteiger partial charge in [-0.05, 0) is 66.0 Å². The van der Waals surface area contributed by atoms with E-state index in [0.717, 1.165) is 32.5 Å². The number of hydrogen-bond donors (Lipinski definition) is 1. The largest absolute Gasteiger partial charge is 0.463 e. The molecule has 26 heavy (non-hydrogen) atoms. The van der Waals surface area contributed by atoms with Crippen molar-refractivity contribution in [3.8, 4) is 0 Å². The van der Waals surface area contributed by atoms with E-state index in [0.29, 0.717) is 18.6 Å². The van der Waals surface area contributed by atoms with Crippen molar-refractivity contribution in [2.45, 2.75) is 46.5 Å². The zero-order chi connectivity index (χ0) is 19.1. The summed E-state index contributed by atoms with van der Waals surface area (Å²) in [6.07, 6.45) is 1.28. The van der Waals surface area contributed by atoms with Gasteiger partial charge in [-0.15, -0.1) is 0 Å². The summed E-state index contributed by atoms with van der Waals surface area (Å²) in [5.74, 6) is -0.613. The first-order valence-corrected chi connectivity index (χ1v) is 9.98. The number of ether oxygens (including phenoxy) is 1. The van der Waals surface area contributed by atoms with Crippen LogP contribution in [0.3, 0.4) is 0 Å². The smallest absolute Gasteiger partial charge is 0.336 e. The molecule has 2 aliphatic rings. The third-order valence-corrected chi connectivity index (χ3v) is 5.66. The van der Waals surface area contributed by atoms with Gasteiger partial charge in [0.05, 0.1) is 12.2 Å². The van der Waals surface area contributed by atoms with Crippen LogP contribution in [0.25, 0.3) is 0 Å². The van der Waals surface area contributed by atoms with E-state index in [1.165, 1.54) is 0 Å². The summed E-state index contributed by atoms with van der Waals surface area (Å²) >= 11 is 2.25. The zero-order valence-electron chi connectivity index (χ0n) is 15.6.